The first-order valence-electron chi connectivity index (χ1n) is 8.48. The lowest BCUT2D eigenvalue weighted by Gasteiger charge is -2.32. The van der Waals surface area contributed by atoms with Crippen LogP contribution in [-0.2, 0) is 25.1 Å². The molecule has 0 aromatic heterocycles. The second-order valence-corrected chi connectivity index (χ2v) is 7.94. The van der Waals surface area contributed by atoms with Gasteiger partial charge >= 0.3 is 5.97 Å². The zero-order valence-electron chi connectivity index (χ0n) is 14.5. The van der Waals surface area contributed by atoms with Gasteiger partial charge in [0.05, 0.1) is 4.90 Å². The van der Waals surface area contributed by atoms with E-state index >= 15 is 0 Å². The molecule has 142 valence electrons. The van der Waals surface area contributed by atoms with Gasteiger partial charge in [-0.05, 0) is 30.5 Å². The molecule has 2 atom stereocenters. The first-order chi connectivity index (χ1) is 12.9. The van der Waals surface area contributed by atoms with Crippen LogP contribution in [0, 0.1) is 0 Å². The molecule has 1 aliphatic heterocycles. The Bertz CT molecular complexity index is 916. The molecule has 0 saturated carbocycles. The van der Waals surface area contributed by atoms with E-state index in [0.29, 0.717) is 12.8 Å². The van der Waals surface area contributed by atoms with Crippen LogP contribution in [0.5, 0.6) is 0 Å². The van der Waals surface area contributed by atoms with E-state index in [0.717, 1.165) is 5.56 Å². The summed E-state index contributed by atoms with van der Waals surface area (Å²) in [6.07, 6.45) is 0.865. The number of carbonyl (C=O) groups is 1. The summed E-state index contributed by atoms with van der Waals surface area (Å²) in [5.41, 5.74) is -0.275. The van der Waals surface area contributed by atoms with E-state index in [2.05, 4.69) is 9.71 Å². The summed E-state index contributed by atoms with van der Waals surface area (Å²) in [5.74, 6) is -0.914. The molecule has 1 aliphatic rings. The Hall–Kier alpha value is -2.71. The van der Waals surface area contributed by atoms with Crippen LogP contribution in [-0.4, -0.2) is 32.1 Å². The number of aliphatic carboxylic acids is 1. The fourth-order valence-electron chi connectivity index (χ4n) is 3.10. The average molecular weight is 388 g/mol. The van der Waals surface area contributed by atoms with Gasteiger partial charge in [-0.15, -0.1) is 0 Å². The van der Waals surface area contributed by atoms with Crippen molar-refractivity contribution in [2.24, 2.45) is 4.99 Å². The van der Waals surface area contributed by atoms with Crippen LogP contribution >= 0.6 is 0 Å². The predicted octanol–water partition coefficient (Wildman–Crippen LogP) is 2.50. The quantitative estimate of drug-likeness (QED) is 0.723. The number of carboxylic acids is 1. The summed E-state index contributed by atoms with van der Waals surface area (Å²) in [5, 5.41) is 8.96. The summed E-state index contributed by atoms with van der Waals surface area (Å²) in [4.78, 5) is 15.5. The van der Waals surface area contributed by atoms with Crippen LogP contribution in [0.25, 0.3) is 0 Å². The van der Waals surface area contributed by atoms with Gasteiger partial charge in [0.15, 0.2) is 12.6 Å². The first kappa shape index (κ1) is 19.1. The van der Waals surface area contributed by atoms with Gasteiger partial charge in [0.25, 0.3) is 0 Å². The second-order valence-electron chi connectivity index (χ2n) is 6.22. The van der Waals surface area contributed by atoms with Gasteiger partial charge < -0.3 is 9.84 Å². The van der Waals surface area contributed by atoms with Crippen LogP contribution in [0.3, 0.4) is 0 Å². The number of nitrogens with zero attached hydrogens (tertiary/aromatic N) is 1. The molecule has 0 radical (unpaired) electrons. The maximum atomic E-state index is 12.7. The number of sulfonamides is 1. The highest BCUT2D eigenvalue weighted by atomic mass is 32.2. The highest BCUT2D eigenvalue weighted by molar-refractivity contribution is 7.89. The molecule has 2 aromatic carbocycles. The fourth-order valence-corrected chi connectivity index (χ4v) is 4.29. The molecular weight excluding hydrogens is 368 g/mol. The summed E-state index contributed by atoms with van der Waals surface area (Å²) in [6.45, 7) is 0. The summed E-state index contributed by atoms with van der Waals surface area (Å²) in [6, 6.07) is 17.1. The molecule has 0 spiro atoms. The lowest BCUT2D eigenvalue weighted by Crippen LogP contribution is -2.48. The number of carboxylic acid groups (broad SMARTS) is 1. The minimum atomic E-state index is -3.84. The van der Waals surface area contributed by atoms with E-state index in [1.54, 1.807) is 18.2 Å². The van der Waals surface area contributed by atoms with E-state index in [-0.39, 0.29) is 11.3 Å². The molecule has 2 N–H and O–H groups in total. The Morgan fingerprint density at radius 1 is 1.11 bits per heavy atom. The molecule has 2 unspecified atom stereocenters. The maximum Gasteiger partial charge on any atom is 0.303 e. The van der Waals surface area contributed by atoms with Crippen molar-refractivity contribution in [3.8, 4) is 0 Å². The number of hydrogen-bond acceptors (Lipinski definition) is 5. The van der Waals surface area contributed by atoms with Crippen molar-refractivity contribution in [2.45, 2.75) is 35.9 Å². The van der Waals surface area contributed by atoms with Crippen molar-refractivity contribution < 1.29 is 23.1 Å². The molecule has 3 rings (SSSR count). The fraction of sp³-hybridized carbons (Fsp3) is 0.263. The van der Waals surface area contributed by atoms with Gasteiger partial charge in [-0.25, -0.2) is 13.4 Å². The molecular formula is C19H20N2O5S. The van der Waals surface area contributed by atoms with Crippen molar-refractivity contribution >= 4 is 22.4 Å². The zero-order chi connectivity index (χ0) is 19.3. The number of rotatable bonds is 8. The van der Waals surface area contributed by atoms with Gasteiger partial charge in [-0.2, -0.15) is 4.72 Å². The van der Waals surface area contributed by atoms with E-state index in [1.165, 1.54) is 18.5 Å². The third-order valence-corrected chi connectivity index (χ3v) is 5.87. The van der Waals surface area contributed by atoms with Crippen molar-refractivity contribution in [1.82, 2.24) is 4.72 Å². The average Bonchev–Trinajstić information content (AvgIpc) is 3.06. The molecule has 2 aromatic rings. The van der Waals surface area contributed by atoms with Crippen molar-refractivity contribution in [3.63, 3.8) is 0 Å². The van der Waals surface area contributed by atoms with E-state index in [1.807, 2.05) is 30.3 Å². The van der Waals surface area contributed by atoms with Crippen LogP contribution in [0.2, 0.25) is 0 Å². The van der Waals surface area contributed by atoms with E-state index in [4.69, 9.17) is 9.84 Å². The van der Waals surface area contributed by atoms with E-state index in [9.17, 15) is 13.2 Å². The highest BCUT2D eigenvalue weighted by Gasteiger charge is 2.46. The summed E-state index contributed by atoms with van der Waals surface area (Å²) in [7, 11) is -3.84. The van der Waals surface area contributed by atoms with Crippen molar-refractivity contribution in [2.75, 3.05) is 0 Å². The molecule has 0 amide bonds. The van der Waals surface area contributed by atoms with Gasteiger partial charge in [0, 0.05) is 6.42 Å². The maximum absolute atomic E-state index is 12.7. The number of nitrogens with one attached hydrogen (secondary N) is 1. The molecule has 7 nitrogen and oxygen atoms in total. The van der Waals surface area contributed by atoms with Gasteiger partial charge in [0.1, 0.15) is 5.54 Å². The monoisotopic (exact) mass is 388 g/mol. The second kappa shape index (κ2) is 7.89. The molecule has 0 saturated heterocycles. The topological polar surface area (TPSA) is 105 Å². The van der Waals surface area contributed by atoms with Crippen LogP contribution in [0.15, 0.2) is 70.6 Å². The third-order valence-electron chi connectivity index (χ3n) is 4.45. The standard InChI is InChI=1S/C19H20N2O5S/c22-17(23)12-7-13-19(15-8-3-1-4-9-15)18(26-14-20-19)21-27(24,25)16-10-5-2-6-11-16/h1-6,8-11,14,18,21H,7,12-13H2,(H,22,23). The van der Waals surface area contributed by atoms with Crippen LogP contribution in [0.4, 0.5) is 0 Å². The van der Waals surface area contributed by atoms with Crippen molar-refractivity contribution in [1.29, 1.82) is 0 Å². The molecule has 0 aliphatic carbocycles. The molecule has 1 heterocycles. The van der Waals surface area contributed by atoms with Crippen molar-refractivity contribution in [3.05, 3.63) is 66.2 Å². The third kappa shape index (κ3) is 4.17. The molecule has 8 heteroatoms. The lowest BCUT2D eigenvalue weighted by atomic mass is 9.84. The van der Waals surface area contributed by atoms with Gasteiger partial charge in [0.2, 0.25) is 10.0 Å². The van der Waals surface area contributed by atoms with Gasteiger partial charge in [-0.3, -0.25) is 4.79 Å². The normalized spacial score (nSPS) is 21.7. The number of ether oxygens (including phenoxy) is 1. The molecule has 0 bridgehead atoms. The summed E-state index contributed by atoms with van der Waals surface area (Å²) < 4.78 is 33.6. The minimum Gasteiger partial charge on any atom is -0.481 e. The minimum absolute atomic E-state index is 0.0394. The zero-order valence-corrected chi connectivity index (χ0v) is 15.3. The lowest BCUT2D eigenvalue weighted by molar-refractivity contribution is -0.137. The Labute approximate surface area is 157 Å². The summed E-state index contributed by atoms with van der Waals surface area (Å²) >= 11 is 0. The number of hydrogen-bond donors (Lipinski definition) is 2. The van der Waals surface area contributed by atoms with Crippen LogP contribution in [0.1, 0.15) is 24.8 Å². The van der Waals surface area contributed by atoms with E-state index < -0.39 is 27.8 Å². The molecule has 0 fully saturated rings. The Balaban J connectivity index is 1.92. The smallest absolute Gasteiger partial charge is 0.303 e. The van der Waals surface area contributed by atoms with Gasteiger partial charge in [-0.1, -0.05) is 48.5 Å². The SMILES string of the molecule is O=C(O)CCCC1(c2ccccc2)N=COC1NS(=O)(=O)c1ccccc1. The predicted molar refractivity (Wildman–Crippen MR) is 99.7 cm³/mol. The first-order valence-corrected chi connectivity index (χ1v) is 9.96. The Morgan fingerprint density at radius 3 is 2.37 bits per heavy atom. The highest BCUT2D eigenvalue weighted by Crippen LogP contribution is 2.39. The van der Waals surface area contributed by atoms with Crippen LogP contribution < -0.4 is 4.72 Å². The largest absolute Gasteiger partial charge is 0.481 e. The molecule has 27 heavy (non-hydrogen) atoms. The number of aliphatic imine (C=N–C) groups is 1. The number of benzene rings is 2. The Kier molecular flexibility index (Phi) is 5.57. The Morgan fingerprint density at radius 2 is 1.74 bits per heavy atom.